The first-order valence-electron chi connectivity index (χ1n) is 7.94. The summed E-state index contributed by atoms with van der Waals surface area (Å²) in [5.41, 5.74) is 0.0789. The van der Waals surface area contributed by atoms with Gasteiger partial charge in [0.2, 0.25) is 5.82 Å². The van der Waals surface area contributed by atoms with Gasteiger partial charge in [0.1, 0.15) is 6.33 Å². The molecule has 2 N–H and O–H groups in total. The predicted octanol–water partition coefficient (Wildman–Crippen LogP) is 3.28. The van der Waals surface area contributed by atoms with Crippen molar-refractivity contribution in [2.45, 2.75) is 18.8 Å². The van der Waals surface area contributed by atoms with Crippen molar-refractivity contribution in [3.05, 3.63) is 77.9 Å². The summed E-state index contributed by atoms with van der Waals surface area (Å²) < 4.78 is 39.0. The second kappa shape index (κ2) is 7.58. The van der Waals surface area contributed by atoms with Crippen LogP contribution >= 0.6 is 0 Å². The topological polar surface area (TPSA) is 80.0 Å². The van der Waals surface area contributed by atoms with Gasteiger partial charge in [-0.25, -0.2) is 9.67 Å². The number of aliphatic hydroxyl groups is 1. The van der Waals surface area contributed by atoms with Crippen molar-refractivity contribution in [3.8, 4) is 0 Å². The van der Waals surface area contributed by atoms with Crippen LogP contribution in [0.15, 0.2) is 60.9 Å². The van der Waals surface area contributed by atoms with E-state index in [-0.39, 0.29) is 18.1 Å². The standard InChI is InChI=1S/C18H15F3N4O2/c19-18(20,21)13-6-8-14(9-7-13)23-17(27)16-22-11-25(24-16)10-15(26)12-4-2-1-3-5-12/h1-9,11,15,26H,10H2,(H,23,27)/t15-/m0/s1. The number of nitrogens with zero attached hydrogens (tertiary/aromatic N) is 3. The molecule has 2 aromatic carbocycles. The third-order valence-corrected chi connectivity index (χ3v) is 3.75. The van der Waals surface area contributed by atoms with Gasteiger partial charge >= 0.3 is 6.18 Å². The zero-order valence-electron chi connectivity index (χ0n) is 13.9. The van der Waals surface area contributed by atoms with Gasteiger partial charge in [0.15, 0.2) is 0 Å². The maximum absolute atomic E-state index is 12.5. The minimum Gasteiger partial charge on any atom is -0.386 e. The molecule has 0 aliphatic rings. The average molecular weight is 376 g/mol. The Kier molecular flexibility index (Phi) is 5.22. The second-order valence-corrected chi connectivity index (χ2v) is 5.75. The fraction of sp³-hybridized carbons (Fsp3) is 0.167. The molecule has 0 saturated heterocycles. The van der Waals surface area contributed by atoms with Crippen LogP contribution in [-0.2, 0) is 12.7 Å². The van der Waals surface area contributed by atoms with Crippen molar-refractivity contribution in [1.82, 2.24) is 14.8 Å². The van der Waals surface area contributed by atoms with Crippen LogP contribution in [0.3, 0.4) is 0 Å². The fourth-order valence-electron chi connectivity index (χ4n) is 2.37. The van der Waals surface area contributed by atoms with E-state index in [1.807, 2.05) is 6.07 Å². The first kappa shape index (κ1) is 18.6. The Hall–Kier alpha value is -3.20. The van der Waals surface area contributed by atoms with Gasteiger partial charge in [-0.3, -0.25) is 4.79 Å². The number of amides is 1. The molecule has 0 bridgehead atoms. The van der Waals surface area contributed by atoms with Crippen LogP contribution < -0.4 is 5.32 Å². The highest BCUT2D eigenvalue weighted by Gasteiger charge is 2.30. The Morgan fingerprint density at radius 2 is 1.78 bits per heavy atom. The minimum absolute atomic E-state index is 0.102. The molecule has 6 nitrogen and oxygen atoms in total. The number of alkyl halides is 3. The molecule has 9 heteroatoms. The summed E-state index contributed by atoms with van der Waals surface area (Å²) in [7, 11) is 0. The molecule has 1 heterocycles. The van der Waals surface area contributed by atoms with Crippen molar-refractivity contribution < 1.29 is 23.1 Å². The lowest BCUT2D eigenvalue weighted by molar-refractivity contribution is -0.137. The van der Waals surface area contributed by atoms with Crippen LogP contribution in [0.4, 0.5) is 18.9 Å². The van der Waals surface area contributed by atoms with E-state index in [1.54, 1.807) is 24.3 Å². The Bertz CT molecular complexity index is 908. The first-order chi connectivity index (χ1) is 12.8. The summed E-state index contributed by atoms with van der Waals surface area (Å²) in [5.74, 6) is -0.821. The maximum atomic E-state index is 12.5. The number of benzene rings is 2. The molecule has 1 amide bonds. The molecule has 140 valence electrons. The van der Waals surface area contributed by atoms with Crippen molar-refractivity contribution in [3.63, 3.8) is 0 Å². The normalized spacial score (nSPS) is 12.6. The summed E-state index contributed by atoms with van der Waals surface area (Å²) in [6, 6.07) is 13.0. The molecule has 0 fully saturated rings. The maximum Gasteiger partial charge on any atom is 0.416 e. The molecule has 1 atom stereocenters. The summed E-state index contributed by atoms with van der Waals surface area (Å²) >= 11 is 0. The highest BCUT2D eigenvalue weighted by atomic mass is 19.4. The smallest absolute Gasteiger partial charge is 0.386 e. The molecule has 0 aliphatic carbocycles. The summed E-state index contributed by atoms with van der Waals surface area (Å²) in [6.45, 7) is 0.102. The molecule has 0 unspecified atom stereocenters. The molecule has 1 aromatic heterocycles. The zero-order valence-corrected chi connectivity index (χ0v) is 13.9. The summed E-state index contributed by atoms with van der Waals surface area (Å²) in [6.07, 6.45) is -3.96. The third kappa shape index (κ3) is 4.70. The third-order valence-electron chi connectivity index (χ3n) is 3.75. The number of aliphatic hydroxyl groups excluding tert-OH is 1. The van der Waals surface area contributed by atoms with E-state index >= 15 is 0 Å². The number of carbonyl (C=O) groups is 1. The number of hydrogen-bond donors (Lipinski definition) is 2. The van der Waals surface area contributed by atoms with Crippen LogP contribution in [-0.4, -0.2) is 25.8 Å². The molecule has 27 heavy (non-hydrogen) atoms. The van der Waals surface area contributed by atoms with E-state index in [0.717, 1.165) is 24.3 Å². The molecule has 3 aromatic rings. The van der Waals surface area contributed by atoms with Gasteiger partial charge in [0, 0.05) is 5.69 Å². The van der Waals surface area contributed by atoms with Gasteiger partial charge in [-0.1, -0.05) is 30.3 Å². The molecule has 0 spiro atoms. The van der Waals surface area contributed by atoms with Crippen LogP contribution in [0, 0.1) is 0 Å². The molecular weight excluding hydrogens is 361 g/mol. The van der Waals surface area contributed by atoms with Crippen LogP contribution in [0.5, 0.6) is 0 Å². The SMILES string of the molecule is O=C(Nc1ccc(C(F)(F)F)cc1)c1ncn(C[C@H](O)c2ccccc2)n1. The van der Waals surface area contributed by atoms with Gasteiger partial charge in [-0.2, -0.15) is 13.2 Å². The van der Waals surface area contributed by atoms with Crippen molar-refractivity contribution in [2.24, 2.45) is 0 Å². The molecule has 0 radical (unpaired) electrons. The lowest BCUT2D eigenvalue weighted by Crippen LogP contribution is -2.15. The Balaban J connectivity index is 1.63. The van der Waals surface area contributed by atoms with E-state index in [9.17, 15) is 23.1 Å². The van der Waals surface area contributed by atoms with Gasteiger partial charge in [-0.05, 0) is 29.8 Å². The monoisotopic (exact) mass is 376 g/mol. The van der Waals surface area contributed by atoms with Gasteiger partial charge < -0.3 is 10.4 Å². The number of carbonyl (C=O) groups excluding carboxylic acids is 1. The molecular formula is C18H15F3N4O2. The average Bonchev–Trinajstić information content (AvgIpc) is 3.11. The second-order valence-electron chi connectivity index (χ2n) is 5.75. The lowest BCUT2D eigenvalue weighted by atomic mass is 10.1. The minimum atomic E-state index is -4.44. The number of halogens is 3. The quantitative estimate of drug-likeness (QED) is 0.716. The summed E-state index contributed by atoms with van der Waals surface area (Å²) in [5, 5.41) is 16.6. The number of anilines is 1. The van der Waals surface area contributed by atoms with Crippen LogP contribution in [0.25, 0.3) is 0 Å². The van der Waals surface area contributed by atoms with Crippen molar-refractivity contribution >= 4 is 11.6 Å². The number of aromatic nitrogens is 3. The lowest BCUT2D eigenvalue weighted by Gasteiger charge is -2.10. The van der Waals surface area contributed by atoms with E-state index < -0.39 is 23.8 Å². The van der Waals surface area contributed by atoms with E-state index in [0.29, 0.717) is 5.56 Å². The number of nitrogens with one attached hydrogen (secondary N) is 1. The van der Waals surface area contributed by atoms with Gasteiger partial charge in [-0.15, -0.1) is 5.10 Å². The first-order valence-corrected chi connectivity index (χ1v) is 7.94. The summed E-state index contributed by atoms with van der Waals surface area (Å²) in [4.78, 5) is 16.0. The van der Waals surface area contributed by atoms with E-state index in [4.69, 9.17) is 0 Å². The largest absolute Gasteiger partial charge is 0.416 e. The van der Waals surface area contributed by atoms with E-state index in [1.165, 1.54) is 11.0 Å². The van der Waals surface area contributed by atoms with Crippen LogP contribution in [0.2, 0.25) is 0 Å². The predicted molar refractivity (Wildman–Crippen MR) is 90.8 cm³/mol. The zero-order chi connectivity index (χ0) is 19.4. The van der Waals surface area contributed by atoms with Crippen molar-refractivity contribution in [2.75, 3.05) is 5.32 Å². The molecule has 0 saturated carbocycles. The molecule has 0 aliphatic heterocycles. The van der Waals surface area contributed by atoms with Crippen molar-refractivity contribution in [1.29, 1.82) is 0 Å². The molecule has 3 rings (SSSR count). The Morgan fingerprint density at radius 1 is 1.11 bits per heavy atom. The number of hydrogen-bond acceptors (Lipinski definition) is 4. The van der Waals surface area contributed by atoms with Crippen LogP contribution in [0.1, 0.15) is 27.8 Å². The fourth-order valence-corrected chi connectivity index (χ4v) is 2.37. The highest BCUT2D eigenvalue weighted by molar-refractivity contribution is 6.01. The Labute approximate surface area is 152 Å². The number of rotatable bonds is 5. The van der Waals surface area contributed by atoms with Gasteiger partial charge in [0.25, 0.3) is 5.91 Å². The van der Waals surface area contributed by atoms with Gasteiger partial charge in [0.05, 0.1) is 18.2 Å². The van der Waals surface area contributed by atoms with E-state index in [2.05, 4.69) is 15.4 Å². The highest BCUT2D eigenvalue weighted by Crippen LogP contribution is 2.29. The Morgan fingerprint density at radius 3 is 2.41 bits per heavy atom.